The minimum atomic E-state index is -0.416. The highest BCUT2D eigenvalue weighted by Gasteiger charge is 2.30. The van der Waals surface area contributed by atoms with Crippen molar-refractivity contribution in [3.05, 3.63) is 34.3 Å². The van der Waals surface area contributed by atoms with Crippen molar-refractivity contribution in [3.63, 3.8) is 0 Å². The Morgan fingerprint density at radius 1 is 1.35 bits per heavy atom. The fourth-order valence-electron chi connectivity index (χ4n) is 1.98. The summed E-state index contributed by atoms with van der Waals surface area (Å²) in [7, 11) is 0. The number of thioether (sulfide) groups is 2. The highest BCUT2D eigenvalue weighted by atomic mass is 35.5. The van der Waals surface area contributed by atoms with E-state index in [1.165, 1.54) is 5.75 Å². The summed E-state index contributed by atoms with van der Waals surface area (Å²) in [4.78, 5) is 0. The topological polar surface area (TPSA) is 20.2 Å². The van der Waals surface area contributed by atoms with E-state index in [0.29, 0.717) is 5.25 Å². The molecule has 3 unspecified atom stereocenters. The van der Waals surface area contributed by atoms with E-state index in [-0.39, 0.29) is 5.25 Å². The van der Waals surface area contributed by atoms with Crippen LogP contribution in [0.25, 0.3) is 0 Å². The zero-order valence-corrected chi connectivity index (χ0v) is 12.4. The van der Waals surface area contributed by atoms with Crippen LogP contribution in [0, 0.1) is 6.92 Å². The average Bonchev–Trinajstić information content (AvgIpc) is 2.32. The summed E-state index contributed by atoms with van der Waals surface area (Å²) in [5.74, 6) is 2.31. The number of hydrogen-bond donors (Lipinski definition) is 1. The fourth-order valence-corrected chi connectivity index (χ4v) is 5.00. The third-order valence-electron chi connectivity index (χ3n) is 3.09. The quantitative estimate of drug-likeness (QED) is 0.891. The largest absolute Gasteiger partial charge is 0.387 e. The third kappa shape index (κ3) is 3.14. The van der Waals surface area contributed by atoms with E-state index in [1.807, 2.05) is 48.6 Å². The zero-order chi connectivity index (χ0) is 12.4. The number of aliphatic hydroxyl groups excluding tert-OH is 1. The molecule has 2 rings (SSSR count). The molecule has 4 heteroatoms. The van der Waals surface area contributed by atoms with Gasteiger partial charge in [-0.25, -0.2) is 0 Å². The SMILES string of the molecule is Cc1ccc(C(O)C2SCCSC2C)cc1Cl. The second-order valence-electron chi connectivity index (χ2n) is 4.36. The maximum Gasteiger partial charge on any atom is 0.0919 e. The Kier molecular flexibility index (Phi) is 4.70. The number of hydrogen-bond acceptors (Lipinski definition) is 3. The molecule has 1 heterocycles. The molecule has 17 heavy (non-hydrogen) atoms. The van der Waals surface area contributed by atoms with Crippen molar-refractivity contribution in [2.45, 2.75) is 30.5 Å². The molecule has 1 aromatic carbocycles. The van der Waals surface area contributed by atoms with E-state index < -0.39 is 6.10 Å². The number of benzene rings is 1. The summed E-state index contributed by atoms with van der Waals surface area (Å²) < 4.78 is 0. The van der Waals surface area contributed by atoms with E-state index in [2.05, 4.69) is 6.92 Å². The van der Waals surface area contributed by atoms with Crippen LogP contribution in [0.1, 0.15) is 24.2 Å². The van der Waals surface area contributed by atoms with E-state index >= 15 is 0 Å². The Hall–Kier alpha value is 0.170. The van der Waals surface area contributed by atoms with Crippen LogP contribution in [0.3, 0.4) is 0 Å². The van der Waals surface area contributed by atoms with Gasteiger partial charge in [0, 0.05) is 27.0 Å². The summed E-state index contributed by atoms with van der Waals surface area (Å²) in [6.45, 7) is 4.17. The first-order chi connectivity index (χ1) is 8.09. The van der Waals surface area contributed by atoms with E-state index in [9.17, 15) is 5.11 Å². The van der Waals surface area contributed by atoms with Gasteiger partial charge in [0.05, 0.1) is 6.10 Å². The number of halogens is 1. The van der Waals surface area contributed by atoms with Crippen LogP contribution in [0.15, 0.2) is 18.2 Å². The normalized spacial score (nSPS) is 26.8. The van der Waals surface area contributed by atoms with Crippen molar-refractivity contribution < 1.29 is 5.11 Å². The van der Waals surface area contributed by atoms with Crippen LogP contribution in [0.4, 0.5) is 0 Å². The molecule has 1 aliphatic rings. The van der Waals surface area contributed by atoms with Crippen molar-refractivity contribution >= 4 is 35.1 Å². The smallest absolute Gasteiger partial charge is 0.0919 e. The molecule has 0 aliphatic carbocycles. The molecule has 0 radical (unpaired) electrons. The van der Waals surface area contributed by atoms with Gasteiger partial charge in [-0.3, -0.25) is 0 Å². The summed E-state index contributed by atoms with van der Waals surface area (Å²) in [5, 5.41) is 11.9. The van der Waals surface area contributed by atoms with E-state index in [0.717, 1.165) is 21.9 Å². The predicted octanol–water partition coefficient (Wildman–Crippen LogP) is 3.92. The Morgan fingerprint density at radius 3 is 2.71 bits per heavy atom. The van der Waals surface area contributed by atoms with Gasteiger partial charge in [0.1, 0.15) is 0 Å². The van der Waals surface area contributed by atoms with Gasteiger partial charge >= 0.3 is 0 Å². The van der Waals surface area contributed by atoms with Crippen molar-refractivity contribution in [1.82, 2.24) is 0 Å². The molecule has 3 atom stereocenters. The minimum absolute atomic E-state index is 0.271. The lowest BCUT2D eigenvalue weighted by Crippen LogP contribution is -2.29. The molecule has 1 aromatic rings. The molecule has 1 fully saturated rings. The summed E-state index contributed by atoms with van der Waals surface area (Å²) in [6, 6.07) is 5.86. The summed E-state index contributed by atoms with van der Waals surface area (Å²) in [5.41, 5.74) is 1.99. The molecule has 0 amide bonds. The van der Waals surface area contributed by atoms with Gasteiger partial charge in [-0.15, -0.1) is 0 Å². The molecule has 0 bridgehead atoms. The number of aryl methyl sites for hydroxylation is 1. The maximum absolute atomic E-state index is 10.4. The van der Waals surface area contributed by atoms with Gasteiger partial charge in [0.15, 0.2) is 0 Å². The molecule has 94 valence electrons. The lowest BCUT2D eigenvalue weighted by atomic mass is 10.0. The summed E-state index contributed by atoms with van der Waals surface area (Å²) >= 11 is 9.92. The molecular formula is C13H17ClOS2. The molecule has 1 saturated heterocycles. The van der Waals surface area contributed by atoms with Crippen LogP contribution in [-0.4, -0.2) is 27.1 Å². The first-order valence-electron chi connectivity index (χ1n) is 5.77. The van der Waals surface area contributed by atoms with Crippen molar-refractivity contribution in [1.29, 1.82) is 0 Å². The van der Waals surface area contributed by atoms with Crippen LogP contribution in [0.2, 0.25) is 5.02 Å². The van der Waals surface area contributed by atoms with Crippen molar-refractivity contribution in [3.8, 4) is 0 Å². The molecule has 1 nitrogen and oxygen atoms in total. The van der Waals surface area contributed by atoms with Crippen LogP contribution >= 0.6 is 35.1 Å². The predicted molar refractivity (Wildman–Crippen MR) is 79.3 cm³/mol. The molecule has 0 aromatic heterocycles. The molecule has 0 spiro atoms. The van der Waals surface area contributed by atoms with Crippen molar-refractivity contribution in [2.75, 3.05) is 11.5 Å². The number of aliphatic hydroxyl groups is 1. The standard InChI is InChI=1S/C13H17ClOS2/c1-8-3-4-10(7-11(8)14)12(15)13-9(2)16-5-6-17-13/h3-4,7,9,12-13,15H,5-6H2,1-2H3. The van der Waals surface area contributed by atoms with Gasteiger partial charge in [-0.2, -0.15) is 23.5 Å². The maximum atomic E-state index is 10.4. The highest BCUT2D eigenvalue weighted by molar-refractivity contribution is 8.07. The first kappa shape index (κ1) is 13.6. The highest BCUT2D eigenvalue weighted by Crippen LogP contribution is 2.39. The lowest BCUT2D eigenvalue weighted by Gasteiger charge is -2.32. The van der Waals surface area contributed by atoms with E-state index in [1.54, 1.807) is 0 Å². The second-order valence-corrected chi connectivity index (χ2v) is 7.54. The Morgan fingerprint density at radius 2 is 2.06 bits per heavy atom. The molecule has 0 saturated carbocycles. The lowest BCUT2D eigenvalue weighted by molar-refractivity contribution is 0.174. The Balaban J connectivity index is 2.17. The molecular weight excluding hydrogens is 272 g/mol. The minimum Gasteiger partial charge on any atom is -0.387 e. The van der Waals surface area contributed by atoms with E-state index in [4.69, 9.17) is 11.6 Å². The van der Waals surface area contributed by atoms with Crippen LogP contribution in [0.5, 0.6) is 0 Å². The Bertz CT molecular complexity index is 397. The number of rotatable bonds is 2. The monoisotopic (exact) mass is 288 g/mol. The first-order valence-corrected chi connectivity index (χ1v) is 8.24. The molecule has 1 N–H and O–H groups in total. The third-order valence-corrected chi connectivity index (χ3v) is 6.67. The average molecular weight is 289 g/mol. The van der Waals surface area contributed by atoms with Gasteiger partial charge in [-0.1, -0.05) is 30.7 Å². The fraction of sp³-hybridized carbons (Fsp3) is 0.538. The van der Waals surface area contributed by atoms with Crippen LogP contribution < -0.4 is 0 Å². The molecule has 1 aliphatic heterocycles. The van der Waals surface area contributed by atoms with Crippen molar-refractivity contribution in [2.24, 2.45) is 0 Å². The Labute approximate surface area is 116 Å². The second kappa shape index (κ2) is 5.87. The van der Waals surface area contributed by atoms with Gasteiger partial charge in [0.2, 0.25) is 0 Å². The van der Waals surface area contributed by atoms with Gasteiger partial charge < -0.3 is 5.11 Å². The zero-order valence-electron chi connectivity index (χ0n) is 10.0. The van der Waals surface area contributed by atoms with Gasteiger partial charge in [0.25, 0.3) is 0 Å². The summed E-state index contributed by atoms with van der Waals surface area (Å²) in [6.07, 6.45) is -0.416. The van der Waals surface area contributed by atoms with Gasteiger partial charge in [-0.05, 0) is 24.1 Å². The van der Waals surface area contributed by atoms with Crippen LogP contribution in [-0.2, 0) is 0 Å².